The van der Waals surface area contributed by atoms with E-state index in [0.717, 1.165) is 12.5 Å². The predicted molar refractivity (Wildman–Crippen MR) is 70.0 cm³/mol. The first-order valence-corrected chi connectivity index (χ1v) is 7.33. The van der Waals surface area contributed by atoms with Crippen molar-refractivity contribution >= 4 is 21.4 Å². The third-order valence-corrected chi connectivity index (χ3v) is 4.79. The first kappa shape index (κ1) is 13.8. The molecule has 104 valence electrons. The van der Waals surface area contributed by atoms with E-state index in [9.17, 15) is 18.5 Å². The molecular formula is C11H15N3O4S. The molecule has 1 aromatic rings. The predicted octanol–water partition coefficient (Wildman–Crippen LogP) is 1.11. The number of nitrogens with two attached hydrogens (primary N) is 1. The van der Waals surface area contributed by atoms with Crippen molar-refractivity contribution in [3.63, 3.8) is 0 Å². The number of nitrogens with zero attached hydrogens (tertiary/aromatic N) is 1. The van der Waals surface area contributed by atoms with Gasteiger partial charge in [-0.25, -0.2) is 13.1 Å². The van der Waals surface area contributed by atoms with Crippen LogP contribution in [0.2, 0.25) is 0 Å². The molecule has 8 heteroatoms. The maximum atomic E-state index is 12.1. The molecule has 0 spiro atoms. The van der Waals surface area contributed by atoms with Gasteiger partial charge in [0.2, 0.25) is 10.0 Å². The molecule has 0 radical (unpaired) electrons. The van der Waals surface area contributed by atoms with E-state index < -0.39 is 14.9 Å². The largest absolute Gasteiger partial charge is 0.398 e. The molecule has 0 aliphatic heterocycles. The topological polar surface area (TPSA) is 115 Å². The fourth-order valence-electron chi connectivity index (χ4n) is 1.85. The first-order valence-electron chi connectivity index (χ1n) is 5.85. The normalized spacial score (nSPS) is 22.2. The fraction of sp³-hybridized carbons (Fsp3) is 0.455. The van der Waals surface area contributed by atoms with Crippen LogP contribution in [0, 0.1) is 22.0 Å². The average Bonchev–Trinajstić information content (AvgIpc) is 3.03. The van der Waals surface area contributed by atoms with Crippen molar-refractivity contribution in [3.8, 4) is 0 Å². The molecule has 0 saturated heterocycles. The van der Waals surface area contributed by atoms with Crippen LogP contribution in [0.25, 0.3) is 0 Å². The van der Waals surface area contributed by atoms with Crippen LogP contribution in [0.1, 0.15) is 13.3 Å². The van der Waals surface area contributed by atoms with Crippen LogP contribution in [-0.4, -0.2) is 19.9 Å². The number of anilines is 1. The third kappa shape index (κ3) is 3.02. The lowest BCUT2D eigenvalue weighted by Gasteiger charge is -2.08. The lowest BCUT2D eigenvalue weighted by atomic mass is 10.3. The second-order valence-electron chi connectivity index (χ2n) is 4.80. The third-order valence-electron chi connectivity index (χ3n) is 3.31. The zero-order chi connectivity index (χ0) is 14.2. The summed E-state index contributed by atoms with van der Waals surface area (Å²) in [6.45, 7) is 2.38. The van der Waals surface area contributed by atoms with Crippen LogP contribution in [0.3, 0.4) is 0 Å². The number of nitrogen functional groups attached to an aromatic ring is 1. The maximum Gasteiger partial charge on any atom is 0.270 e. The molecule has 2 atom stereocenters. The number of nitro groups is 1. The highest BCUT2D eigenvalue weighted by Gasteiger charge is 2.33. The molecule has 0 amide bonds. The number of benzene rings is 1. The zero-order valence-electron chi connectivity index (χ0n) is 10.4. The summed E-state index contributed by atoms with van der Waals surface area (Å²) in [5, 5.41) is 10.7. The van der Waals surface area contributed by atoms with Crippen LogP contribution in [0.5, 0.6) is 0 Å². The van der Waals surface area contributed by atoms with Gasteiger partial charge in [0.1, 0.15) is 4.90 Å². The Morgan fingerprint density at radius 3 is 2.68 bits per heavy atom. The quantitative estimate of drug-likeness (QED) is 0.477. The zero-order valence-corrected chi connectivity index (χ0v) is 11.2. The van der Waals surface area contributed by atoms with E-state index in [1.165, 1.54) is 12.1 Å². The van der Waals surface area contributed by atoms with E-state index in [0.29, 0.717) is 18.4 Å². The van der Waals surface area contributed by atoms with Crippen LogP contribution in [0.15, 0.2) is 23.1 Å². The van der Waals surface area contributed by atoms with Crippen molar-refractivity contribution in [2.24, 2.45) is 11.8 Å². The molecule has 19 heavy (non-hydrogen) atoms. The van der Waals surface area contributed by atoms with Gasteiger partial charge in [-0.1, -0.05) is 6.92 Å². The number of hydrogen-bond acceptors (Lipinski definition) is 5. The van der Waals surface area contributed by atoms with E-state index in [1.54, 1.807) is 0 Å². The number of hydrogen-bond donors (Lipinski definition) is 2. The van der Waals surface area contributed by atoms with Gasteiger partial charge in [0.15, 0.2) is 0 Å². The Kier molecular flexibility index (Phi) is 3.46. The molecule has 1 saturated carbocycles. The molecule has 1 aliphatic carbocycles. The van der Waals surface area contributed by atoms with Crippen LogP contribution in [0.4, 0.5) is 11.4 Å². The van der Waals surface area contributed by atoms with Crippen molar-refractivity contribution in [2.75, 3.05) is 12.3 Å². The Morgan fingerprint density at radius 2 is 2.16 bits per heavy atom. The van der Waals surface area contributed by atoms with Gasteiger partial charge in [-0.05, 0) is 24.3 Å². The van der Waals surface area contributed by atoms with Crippen LogP contribution < -0.4 is 10.5 Å². The monoisotopic (exact) mass is 285 g/mol. The summed E-state index contributed by atoms with van der Waals surface area (Å²) >= 11 is 0. The molecule has 0 bridgehead atoms. The van der Waals surface area contributed by atoms with E-state index >= 15 is 0 Å². The number of non-ortho nitro benzene ring substituents is 1. The second-order valence-corrected chi connectivity index (χ2v) is 6.54. The summed E-state index contributed by atoms with van der Waals surface area (Å²) in [6, 6.07) is 3.39. The lowest BCUT2D eigenvalue weighted by molar-refractivity contribution is -0.385. The van der Waals surface area contributed by atoms with E-state index in [1.807, 2.05) is 6.92 Å². The van der Waals surface area contributed by atoms with Gasteiger partial charge in [0.25, 0.3) is 5.69 Å². The van der Waals surface area contributed by atoms with Crippen molar-refractivity contribution in [1.29, 1.82) is 0 Å². The van der Waals surface area contributed by atoms with Gasteiger partial charge >= 0.3 is 0 Å². The summed E-state index contributed by atoms with van der Waals surface area (Å²) in [5.41, 5.74) is 5.29. The summed E-state index contributed by atoms with van der Waals surface area (Å²) < 4.78 is 26.6. The van der Waals surface area contributed by atoms with Gasteiger partial charge in [-0.3, -0.25) is 10.1 Å². The lowest BCUT2D eigenvalue weighted by Crippen LogP contribution is -2.27. The standard InChI is InChI=1S/C11H15N3O4S/c1-7-4-8(7)6-13-19(17,18)11-5-9(14(15)16)2-3-10(11)12/h2-3,5,7-8,13H,4,6,12H2,1H3. The highest BCUT2D eigenvalue weighted by molar-refractivity contribution is 7.89. The minimum atomic E-state index is -3.80. The van der Waals surface area contributed by atoms with Gasteiger partial charge in [0, 0.05) is 18.7 Å². The van der Waals surface area contributed by atoms with Gasteiger partial charge in [-0.15, -0.1) is 0 Å². The molecule has 7 nitrogen and oxygen atoms in total. The van der Waals surface area contributed by atoms with Crippen molar-refractivity contribution in [3.05, 3.63) is 28.3 Å². The Hall–Kier alpha value is -1.67. The number of sulfonamides is 1. The minimum absolute atomic E-state index is 0.00180. The highest BCUT2D eigenvalue weighted by Crippen LogP contribution is 2.37. The summed E-state index contributed by atoms with van der Waals surface area (Å²) in [7, 11) is -3.80. The smallest absolute Gasteiger partial charge is 0.270 e. The molecule has 1 fully saturated rings. The van der Waals surface area contributed by atoms with Crippen LogP contribution in [-0.2, 0) is 10.0 Å². The van der Waals surface area contributed by atoms with E-state index in [-0.39, 0.29) is 16.3 Å². The Morgan fingerprint density at radius 1 is 1.53 bits per heavy atom. The number of nitrogens with one attached hydrogen (secondary N) is 1. The van der Waals surface area contributed by atoms with Gasteiger partial charge in [0.05, 0.1) is 10.6 Å². The summed E-state index contributed by atoms with van der Waals surface area (Å²) in [4.78, 5) is 9.77. The highest BCUT2D eigenvalue weighted by atomic mass is 32.2. The van der Waals surface area contributed by atoms with Crippen LogP contribution >= 0.6 is 0 Å². The summed E-state index contributed by atoms with van der Waals surface area (Å²) in [5.74, 6) is 0.861. The molecule has 0 heterocycles. The Balaban J connectivity index is 2.23. The SMILES string of the molecule is CC1CC1CNS(=O)(=O)c1cc([N+](=O)[O-])ccc1N. The first-order chi connectivity index (χ1) is 8.81. The molecule has 1 aromatic carbocycles. The molecule has 3 N–H and O–H groups in total. The number of nitro benzene ring substituents is 1. The molecule has 2 rings (SSSR count). The van der Waals surface area contributed by atoms with Crippen molar-refractivity contribution in [2.45, 2.75) is 18.2 Å². The summed E-state index contributed by atoms with van der Waals surface area (Å²) in [6.07, 6.45) is 0.993. The molecular weight excluding hydrogens is 270 g/mol. The van der Waals surface area contributed by atoms with E-state index in [2.05, 4.69) is 4.72 Å². The van der Waals surface area contributed by atoms with Gasteiger partial charge < -0.3 is 5.73 Å². The molecule has 2 unspecified atom stereocenters. The van der Waals surface area contributed by atoms with Crippen molar-refractivity contribution in [1.82, 2.24) is 4.72 Å². The minimum Gasteiger partial charge on any atom is -0.398 e. The molecule has 1 aliphatic rings. The number of rotatable bonds is 5. The molecule has 0 aromatic heterocycles. The fourth-order valence-corrected chi connectivity index (χ4v) is 3.09. The Bertz CT molecular complexity index is 614. The van der Waals surface area contributed by atoms with Gasteiger partial charge in [-0.2, -0.15) is 0 Å². The van der Waals surface area contributed by atoms with E-state index in [4.69, 9.17) is 5.73 Å². The average molecular weight is 285 g/mol. The Labute approximate surface area is 111 Å². The van der Waals surface area contributed by atoms with Crippen molar-refractivity contribution < 1.29 is 13.3 Å². The second kappa shape index (κ2) is 4.78. The maximum absolute atomic E-state index is 12.1.